The Morgan fingerprint density at radius 1 is 1.43 bits per heavy atom. The molecule has 0 amide bonds. The summed E-state index contributed by atoms with van der Waals surface area (Å²) in [5.74, 6) is 3.42. The number of allylic oxidation sites excluding steroid dienone is 4. The van der Waals surface area contributed by atoms with Crippen LogP contribution in [0.15, 0.2) is 23.8 Å². The van der Waals surface area contributed by atoms with Crippen molar-refractivity contribution >= 4 is 0 Å². The molecular weight excluding hydrogens is 168 g/mol. The highest BCUT2D eigenvalue weighted by Crippen LogP contribution is 2.44. The molecule has 0 aromatic rings. The highest BCUT2D eigenvalue weighted by molar-refractivity contribution is 5.17. The summed E-state index contributed by atoms with van der Waals surface area (Å²) < 4.78 is 0. The van der Waals surface area contributed by atoms with Crippen molar-refractivity contribution in [3.8, 4) is 0 Å². The molecule has 0 heterocycles. The van der Waals surface area contributed by atoms with E-state index in [1.807, 2.05) is 0 Å². The van der Waals surface area contributed by atoms with Crippen LogP contribution in [0.25, 0.3) is 0 Å². The predicted octanol–water partition coefficient (Wildman–Crippen LogP) is 4.19. The van der Waals surface area contributed by atoms with Crippen molar-refractivity contribution < 1.29 is 0 Å². The maximum absolute atomic E-state index is 2.56. The Balaban J connectivity index is 2.00. The van der Waals surface area contributed by atoms with E-state index in [2.05, 4.69) is 39.0 Å². The van der Waals surface area contributed by atoms with Gasteiger partial charge in [0.2, 0.25) is 0 Å². The second kappa shape index (κ2) is 3.92. The van der Waals surface area contributed by atoms with Gasteiger partial charge in [-0.1, -0.05) is 37.6 Å². The summed E-state index contributed by atoms with van der Waals surface area (Å²) in [5.41, 5.74) is 1.61. The van der Waals surface area contributed by atoms with Crippen molar-refractivity contribution in [3.05, 3.63) is 23.8 Å². The fourth-order valence-electron chi connectivity index (χ4n) is 2.84. The molecule has 0 saturated heterocycles. The fourth-order valence-corrected chi connectivity index (χ4v) is 2.84. The molecule has 0 aliphatic heterocycles. The molecule has 0 N–H and O–H groups in total. The van der Waals surface area contributed by atoms with Crippen LogP contribution in [0.3, 0.4) is 0 Å². The van der Waals surface area contributed by atoms with Gasteiger partial charge in [0, 0.05) is 0 Å². The first kappa shape index (κ1) is 10.0. The van der Waals surface area contributed by atoms with Gasteiger partial charge in [-0.3, -0.25) is 0 Å². The van der Waals surface area contributed by atoms with E-state index in [1.54, 1.807) is 5.57 Å². The van der Waals surface area contributed by atoms with Crippen molar-refractivity contribution in [1.82, 2.24) is 0 Å². The first-order chi connectivity index (χ1) is 6.70. The molecule has 1 fully saturated rings. The lowest BCUT2D eigenvalue weighted by Crippen LogP contribution is -2.06. The van der Waals surface area contributed by atoms with Gasteiger partial charge in [-0.2, -0.15) is 0 Å². The molecular formula is C14H22. The Labute approximate surface area is 88.1 Å². The van der Waals surface area contributed by atoms with Gasteiger partial charge in [0.1, 0.15) is 0 Å². The summed E-state index contributed by atoms with van der Waals surface area (Å²) in [7, 11) is 0. The molecule has 78 valence electrons. The van der Waals surface area contributed by atoms with E-state index in [0.29, 0.717) is 0 Å². The van der Waals surface area contributed by atoms with Crippen LogP contribution in [0.4, 0.5) is 0 Å². The standard InChI is InChI=1S/C14H22/c1-4-10(2)11(3)7-14-9-12-5-6-13(14)8-12/h5-7,10,12-14H,4,8-9H2,1-3H3. The molecule has 0 nitrogen and oxygen atoms in total. The zero-order valence-corrected chi connectivity index (χ0v) is 9.66. The Kier molecular flexibility index (Phi) is 2.80. The van der Waals surface area contributed by atoms with Crippen LogP contribution >= 0.6 is 0 Å². The van der Waals surface area contributed by atoms with E-state index in [1.165, 1.54) is 19.3 Å². The zero-order chi connectivity index (χ0) is 10.1. The molecule has 0 heteroatoms. The third-order valence-corrected chi connectivity index (χ3v) is 4.20. The lowest BCUT2D eigenvalue weighted by atomic mass is 9.88. The largest absolute Gasteiger partial charge is 0.0851 e. The Bertz CT molecular complexity index is 259. The minimum Gasteiger partial charge on any atom is -0.0851 e. The van der Waals surface area contributed by atoms with E-state index in [4.69, 9.17) is 0 Å². The third-order valence-electron chi connectivity index (χ3n) is 4.20. The van der Waals surface area contributed by atoms with Gasteiger partial charge in [-0.05, 0) is 49.9 Å². The summed E-state index contributed by atoms with van der Waals surface area (Å²) in [6, 6.07) is 0. The average molecular weight is 190 g/mol. The molecule has 4 unspecified atom stereocenters. The van der Waals surface area contributed by atoms with Gasteiger partial charge < -0.3 is 0 Å². The monoisotopic (exact) mass is 190 g/mol. The molecule has 2 aliphatic rings. The maximum Gasteiger partial charge on any atom is -0.0162 e. The topological polar surface area (TPSA) is 0 Å². The van der Waals surface area contributed by atoms with Crippen molar-refractivity contribution in [3.63, 3.8) is 0 Å². The van der Waals surface area contributed by atoms with Crippen LogP contribution in [-0.2, 0) is 0 Å². The molecule has 14 heavy (non-hydrogen) atoms. The van der Waals surface area contributed by atoms with Crippen LogP contribution in [-0.4, -0.2) is 0 Å². The average Bonchev–Trinajstić information content (AvgIpc) is 2.77. The highest BCUT2D eigenvalue weighted by atomic mass is 14.4. The van der Waals surface area contributed by atoms with Crippen LogP contribution in [0, 0.1) is 23.7 Å². The lowest BCUT2D eigenvalue weighted by molar-refractivity contribution is 0.535. The van der Waals surface area contributed by atoms with Gasteiger partial charge in [0.15, 0.2) is 0 Å². The summed E-state index contributed by atoms with van der Waals surface area (Å²) in [6.45, 7) is 6.93. The molecule has 0 aromatic carbocycles. The lowest BCUT2D eigenvalue weighted by Gasteiger charge is -2.17. The normalized spacial score (nSPS) is 37.9. The maximum atomic E-state index is 2.56. The van der Waals surface area contributed by atoms with Crippen molar-refractivity contribution in [2.45, 2.75) is 40.0 Å². The predicted molar refractivity (Wildman–Crippen MR) is 62.1 cm³/mol. The first-order valence-corrected chi connectivity index (χ1v) is 6.07. The molecule has 2 bridgehead atoms. The smallest absolute Gasteiger partial charge is 0.0162 e. The summed E-state index contributed by atoms with van der Waals surface area (Å²) in [5, 5.41) is 0. The summed E-state index contributed by atoms with van der Waals surface area (Å²) in [6.07, 6.45) is 11.5. The van der Waals surface area contributed by atoms with Crippen LogP contribution in [0.1, 0.15) is 40.0 Å². The molecule has 0 radical (unpaired) electrons. The highest BCUT2D eigenvalue weighted by Gasteiger charge is 2.34. The second-order valence-corrected chi connectivity index (χ2v) is 5.16. The van der Waals surface area contributed by atoms with Crippen LogP contribution in [0.5, 0.6) is 0 Å². The molecule has 0 aromatic heterocycles. The molecule has 0 spiro atoms. The van der Waals surface area contributed by atoms with E-state index >= 15 is 0 Å². The first-order valence-electron chi connectivity index (χ1n) is 6.07. The SMILES string of the molecule is CCC(C)C(C)=CC1CC2C=CC1C2. The van der Waals surface area contributed by atoms with E-state index < -0.39 is 0 Å². The zero-order valence-electron chi connectivity index (χ0n) is 9.66. The number of rotatable bonds is 3. The van der Waals surface area contributed by atoms with Crippen molar-refractivity contribution in [2.24, 2.45) is 23.7 Å². The summed E-state index contributed by atoms with van der Waals surface area (Å²) >= 11 is 0. The van der Waals surface area contributed by atoms with Crippen LogP contribution < -0.4 is 0 Å². The van der Waals surface area contributed by atoms with E-state index in [0.717, 1.165) is 23.7 Å². The quantitative estimate of drug-likeness (QED) is 0.585. The van der Waals surface area contributed by atoms with Gasteiger partial charge in [0.25, 0.3) is 0 Å². The Morgan fingerprint density at radius 2 is 2.21 bits per heavy atom. The van der Waals surface area contributed by atoms with Gasteiger partial charge >= 0.3 is 0 Å². The number of hydrogen-bond acceptors (Lipinski definition) is 0. The summed E-state index contributed by atoms with van der Waals surface area (Å²) in [4.78, 5) is 0. The van der Waals surface area contributed by atoms with Crippen molar-refractivity contribution in [1.29, 1.82) is 0 Å². The number of hydrogen-bond donors (Lipinski definition) is 0. The minimum atomic E-state index is 0.776. The van der Waals surface area contributed by atoms with Crippen molar-refractivity contribution in [2.75, 3.05) is 0 Å². The van der Waals surface area contributed by atoms with E-state index in [9.17, 15) is 0 Å². The van der Waals surface area contributed by atoms with E-state index in [-0.39, 0.29) is 0 Å². The molecule has 4 atom stereocenters. The van der Waals surface area contributed by atoms with Gasteiger partial charge in [0.05, 0.1) is 0 Å². The third kappa shape index (κ3) is 1.80. The second-order valence-electron chi connectivity index (χ2n) is 5.16. The Morgan fingerprint density at radius 3 is 2.71 bits per heavy atom. The van der Waals surface area contributed by atoms with Crippen LogP contribution in [0.2, 0.25) is 0 Å². The fraction of sp³-hybridized carbons (Fsp3) is 0.714. The Hall–Kier alpha value is -0.520. The molecule has 1 saturated carbocycles. The van der Waals surface area contributed by atoms with Gasteiger partial charge in [-0.15, -0.1) is 0 Å². The number of fused-ring (bicyclic) bond motifs is 2. The molecule has 2 rings (SSSR count). The minimum absolute atomic E-state index is 0.776. The van der Waals surface area contributed by atoms with Gasteiger partial charge in [-0.25, -0.2) is 0 Å². The molecule has 2 aliphatic carbocycles.